The first kappa shape index (κ1) is 12.6. The molecule has 0 aromatic heterocycles. The zero-order valence-corrected chi connectivity index (χ0v) is 11.9. The molecule has 0 saturated heterocycles. The van der Waals surface area contributed by atoms with E-state index in [9.17, 15) is 4.79 Å². The lowest BCUT2D eigenvalue weighted by Gasteiger charge is -2.23. The van der Waals surface area contributed by atoms with Gasteiger partial charge in [-0.1, -0.05) is 22.0 Å². The second-order valence-electron chi connectivity index (χ2n) is 5.31. The molecule has 3 heteroatoms. The summed E-state index contributed by atoms with van der Waals surface area (Å²) >= 11 is 3.41. The van der Waals surface area contributed by atoms with Gasteiger partial charge in [-0.25, -0.2) is 0 Å². The summed E-state index contributed by atoms with van der Waals surface area (Å²) in [5.74, 6) is 0.0177. The number of nitrogens with one attached hydrogen (secondary N) is 1. The van der Waals surface area contributed by atoms with E-state index in [0.717, 1.165) is 23.7 Å². The van der Waals surface area contributed by atoms with Crippen molar-refractivity contribution in [3.8, 4) is 0 Å². The number of alkyl halides is 1. The summed E-state index contributed by atoms with van der Waals surface area (Å²) < 4.78 is 0. The Bertz CT molecular complexity index is 440. The third-order valence-electron chi connectivity index (χ3n) is 3.15. The smallest absolute Gasteiger partial charge is 0.251 e. The summed E-state index contributed by atoms with van der Waals surface area (Å²) in [6, 6.07) is 6.07. The van der Waals surface area contributed by atoms with Crippen LogP contribution in [0.2, 0.25) is 0 Å². The molecule has 0 atom stereocenters. The van der Waals surface area contributed by atoms with Gasteiger partial charge in [-0.2, -0.15) is 0 Å². The lowest BCUT2D eigenvalue weighted by molar-refractivity contribution is 0.0921. The summed E-state index contributed by atoms with van der Waals surface area (Å²) in [5.41, 5.74) is 3.31. The number of benzene rings is 1. The predicted molar refractivity (Wildman–Crippen MR) is 73.8 cm³/mol. The van der Waals surface area contributed by atoms with E-state index in [4.69, 9.17) is 0 Å². The molecule has 2 nitrogen and oxygen atoms in total. The lowest BCUT2D eigenvalue weighted by Crippen LogP contribution is -2.44. The van der Waals surface area contributed by atoms with Crippen LogP contribution in [0.25, 0.3) is 0 Å². The summed E-state index contributed by atoms with van der Waals surface area (Å²) in [4.78, 5) is 12.1. The molecular weight excluding hydrogens is 278 g/mol. The number of carbonyl (C=O) groups excluding carboxylic acids is 1. The molecule has 1 aliphatic carbocycles. The van der Waals surface area contributed by atoms with Gasteiger partial charge in [0.25, 0.3) is 5.91 Å². The highest BCUT2D eigenvalue weighted by atomic mass is 79.9. The molecule has 17 heavy (non-hydrogen) atoms. The summed E-state index contributed by atoms with van der Waals surface area (Å²) in [6.07, 6.45) is 3.48. The van der Waals surface area contributed by atoms with E-state index >= 15 is 0 Å². The molecule has 0 bridgehead atoms. The van der Waals surface area contributed by atoms with Crippen LogP contribution in [-0.2, 0) is 12.8 Å². The lowest BCUT2D eigenvalue weighted by atomic mass is 10.0. The van der Waals surface area contributed by atoms with Crippen molar-refractivity contribution < 1.29 is 4.79 Å². The minimum Gasteiger partial charge on any atom is -0.346 e. The van der Waals surface area contributed by atoms with E-state index in [1.807, 2.05) is 26.0 Å². The topological polar surface area (TPSA) is 29.1 Å². The molecule has 1 aromatic carbocycles. The molecule has 0 spiro atoms. The molecule has 1 amide bonds. The highest BCUT2D eigenvalue weighted by Gasteiger charge is 2.20. The van der Waals surface area contributed by atoms with Gasteiger partial charge in [0.1, 0.15) is 0 Å². The zero-order valence-electron chi connectivity index (χ0n) is 10.3. The minimum absolute atomic E-state index is 0.0177. The fourth-order valence-corrected chi connectivity index (χ4v) is 2.27. The maximum Gasteiger partial charge on any atom is 0.251 e. The monoisotopic (exact) mass is 295 g/mol. The van der Waals surface area contributed by atoms with Crippen LogP contribution in [-0.4, -0.2) is 16.8 Å². The van der Waals surface area contributed by atoms with Crippen LogP contribution in [0.5, 0.6) is 0 Å². The summed E-state index contributed by atoms with van der Waals surface area (Å²) in [6.45, 7) is 4.01. The zero-order chi connectivity index (χ0) is 12.5. The van der Waals surface area contributed by atoms with Gasteiger partial charge in [0.05, 0.1) is 0 Å². The number of carbonyl (C=O) groups is 1. The molecule has 1 N–H and O–H groups in total. The summed E-state index contributed by atoms with van der Waals surface area (Å²) in [5, 5.41) is 3.77. The fraction of sp³-hybridized carbons (Fsp3) is 0.500. The molecule has 0 aliphatic heterocycles. The van der Waals surface area contributed by atoms with Crippen molar-refractivity contribution in [2.45, 2.75) is 38.6 Å². The van der Waals surface area contributed by atoms with Crippen LogP contribution in [0.1, 0.15) is 41.8 Å². The Hall–Kier alpha value is -0.830. The number of amides is 1. The molecule has 0 saturated carbocycles. The van der Waals surface area contributed by atoms with Crippen LogP contribution < -0.4 is 5.32 Å². The number of halogens is 1. The molecule has 1 aromatic rings. The normalized spacial score (nSPS) is 14.5. The van der Waals surface area contributed by atoms with Gasteiger partial charge in [-0.3, -0.25) is 4.79 Å². The maximum atomic E-state index is 12.1. The van der Waals surface area contributed by atoms with E-state index in [2.05, 4.69) is 27.3 Å². The second-order valence-corrected chi connectivity index (χ2v) is 5.87. The van der Waals surface area contributed by atoms with E-state index in [1.54, 1.807) is 0 Å². The largest absolute Gasteiger partial charge is 0.346 e. The highest BCUT2D eigenvalue weighted by molar-refractivity contribution is 9.09. The van der Waals surface area contributed by atoms with Crippen LogP contribution in [0, 0.1) is 0 Å². The van der Waals surface area contributed by atoms with Crippen molar-refractivity contribution >= 4 is 21.8 Å². The Labute approximate surface area is 111 Å². The molecule has 0 heterocycles. The Morgan fingerprint density at radius 3 is 2.76 bits per heavy atom. The Kier molecular flexibility index (Phi) is 3.57. The van der Waals surface area contributed by atoms with Gasteiger partial charge in [0, 0.05) is 16.4 Å². The molecule has 2 rings (SSSR count). The van der Waals surface area contributed by atoms with Crippen LogP contribution >= 0.6 is 15.9 Å². The quantitative estimate of drug-likeness (QED) is 0.853. The molecule has 92 valence electrons. The van der Waals surface area contributed by atoms with Crippen LogP contribution in [0.4, 0.5) is 0 Å². The van der Waals surface area contributed by atoms with E-state index in [-0.39, 0.29) is 11.4 Å². The van der Waals surface area contributed by atoms with Crippen molar-refractivity contribution in [1.82, 2.24) is 5.32 Å². The molecule has 0 unspecified atom stereocenters. The first-order chi connectivity index (χ1) is 8.02. The average molecular weight is 296 g/mol. The predicted octanol–water partition coefficient (Wildman–Crippen LogP) is 3.08. The van der Waals surface area contributed by atoms with Crippen molar-refractivity contribution in [3.05, 3.63) is 34.9 Å². The van der Waals surface area contributed by atoms with E-state index in [0.29, 0.717) is 0 Å². The number of hydrogen-bond acceptors (Lipinski definition) is 1. The van der Waals surface area contributed by atoms with Crippen molar-refractivity contribution in [1.29, 1.82) is 0 Å². The number of rotatable bonds is 3. The highest BCUT2D eigenvalue weighted by Crippen LogP contribution is 2.23. The first-order valence-electron chi connectivity index (χ1n) is 6.02. The van der Waals surface area contributed by atoms with Gasteiger partial charge in [0.2, 0.25) is 0 Å². The van der Waals surface area contributed by atoms with Crippen molar-refractivity contribution in [3.63, 3.8) is 0 Å². The maximum absolute atomic E-state index is 12.1. The first-order valence-corrected chi connectivity index (χ1v) is 7.14. The number of fused-ring (bicyclic) bond motifs is 1. The molecule has 0 radical (unpaired) electrons. The van der Waals surface area contributed by atoms with Gasteiger partial charge in [-0.05, 0) is 56.4 Å². The number of aryl methyl sites for hydroxylation is 2. The Balaban J connectivity index is 2.15. The van der Waals surface area contributed by atoms with E-state index < -0.39 is 0 Å². The summed E-state index contributed by atoms with van der Waals surface area (Å²) in [7, 11) is 0. The molecule has 1 aliphatic rings. The third-order valence-corrected chi connectivity index (χ3v) is 4.55. The van der Waals surface area contributed by atoms with Gasteiger partial charge < -0.3 is 5.32 Å². The van der Waals surface area contributed by atoms with Gasteiger partial charge in [0.15, 0.2) is 0 Å². The standard InChI is InChI=1S/C14H18BrNO/c1-14(2,9-15)16-13(17)12-7-6-10-4-3-5-11(10)8-12/h6-8H,3-5,9H2,1-2H3,(H,16,17). The van der Waals surface area contributed by atoms with E-state index in [1.165, 1.54) is 17.5 Å². The number of hydrogen-bond donors (Lipinski definition) is 1. The Morgan fingerprint density at radius 1 is 1.35 bits per heavy atom. The fourth-order valence-electron chi connectivity index (χ4n) is 2.13. The van der Waals surface area contributed by atoms with Gasteiger partial charge >= 0.3 is 0 Å². The Morgan fingerprint density at radius 2 is 2.06 bits per heavy atom. The van der Waals surface area contributed by atoms with Crippen LogP contribution in [0.3, 0.4) is 0 Å². The molecule has 0 fully saturated rings. The van der Waals surface area contributed by atoms with Crippen molar-refractivity contribution in [2.75, 3.05) is 5.33 Å². The second kappa shape index (κ2) is 4.81. The average Bonchev–Trinajstić information content (AvgIpc) is 2.75. The van der Waals surface area contributed by atoms with Crippen molar-refractivity contribution in [2.24, 2.45) is 0 Å². The third kappa shape index (κ3) is 2.89. The van der Waals surface area contributed by atoms with Gasteiger partial charge in [-0.15, -0.1) is 0 Å². The SMILES string of the molecule is CC(C)(CBr)NC(=O)c1ccc2c(c1)CCC2. The minimum atomic E-state index is -0.212. The molecular formula is C14H18BrNO. The van der Waals surface area contributed by atoms with Crippen LogP contribution in [0.15, 0.2) is 18.2 Å².